The quantitative estimate of drug-likeness (QED) is 0.342. The normalized spacial score (nSPS) is 17.5. The monoisotopic (exact) mass is 520 g/mol. The van der Waals surface area contributed by atoms with Gasteiger partial charge in [0.25, 0.3) is 0 Å². The lowest BCUT2D eigenvalue weighted by atomic mass is 9.95. The molecule has 1 saturated heterocycles. The fraction of sp³-hybridized carbons (Fsp3) is 0.750. The molecule has 2 heterocycles. The van der Waals surface area contributed by atoms with Gasteiger partial charge < -0.3 is 20.3 Å². The number of amides is 1. The minimum atomic E-state index is -0.448. The molecule has 2 N–H and O–H groups in total. The van der Waals surface area contributed by atoms with Crippen molar-refractivity contribution in [3.63, 3.8) is 0 Å². The zero-order valence-electron chi connectivity index (χ0n) is 18.4. The van der Waals surface area contributed by atoms with Crippen LogP contribution in [0.3, 0.4) is 0 Å². The molecule has 1 atom stereocenters. The summed E-state index contributed by atoms with van der Waals surface area (Å²) in [5, 5.41) is 10.9. The molecule has 1 fully saturated rings. The third kappa shape index (κ3) is 9.22. The van der Waals surface area contributed by atoms with Crippen molar-refractivity contribution in [2.45, 2.75) is 59.1 Å². The maximum atomic E-state index is 12.3. The Hall–Kier alpha value is -1.52. The Labute approximate surface area is 191 Å². The number of carbonyl (C=O) groups is 1. The Morgan fingerprint density at radius 3 is 2.76 bits per heavy atom. The van der Waals surface area contributed by atoms with E-state index in [-0.39, 0.29) is 30.1 Å². The molecule has 0 radical (unpaired) electrons. The fourth-order valence-corrected chi connectivity index (χ4v) is 3.25. The summed E-state index contributed by atoms with van der Waals surface area (Å²) in [6, 6.07) is 1.97. The number of aromatic nitrogens is 2. The molecule has 9 heteroatoms. The van der Waals surface area contributed by atoms with Gasteiger partial charge >= 0.3 is 6.09 Å². The number of hydrogen-bond acceptors (Lipinski definition) is 4. The number of ether oxygens (including phenoxy) is 1. The van der Waals surface area contributed by atoms with Crippen molar-refractivity contribution >= 4 is 36.0 Å². The minimum Gasteiger partial charge on any atom is -0.444 e. The summed E-state index contributed by atoms with van der Waals surface area (Å²) in [7, 11) is 1.92. The average molecular weight is 520 g/mol. The van der Waals surface area contributed by atoms with Crippen LogP contribution in [0.15, 0.2) is 17.3 Å². The largest absolute Gasteiger partial charge is 0.444 e. The van der Waals surface area contributed by atoms with Crippen molar-refractivity contribution in [1.29, 1.82) is 0 Å². The number of halogens is 1. The molecule has 2 rings (SSSR count). The highest BCUT2D eigenvalue weighted by molar-refractivity contribution is 14.0. The van der Waals surface area contributed by atoms with Crippen molar-refractivity contribution in [3.8, 4) is 0 Å². The van der Waals surface area contributed by atoms with E-state index < -0.39 is 5.60 Å². The van der Waals surface area contributed by atoms with Crippen molar-refractivity contribution in [3.05, 3.63) is 18.0 Å². The van der Waals surface area contributed by atoms with E-state index in [9.17, 15) is 4.79 Å². The number of guanidine groups is 1. The third-order valence-corrected chi connectivity index (χ3v) is 4.68. The molecule has 1 aromatic heterocycles. The molecule has 0 aliphatic carbocycles. The van der Waals surface area contributed by atoms with Crippen LogP contribution in [-0.2, 0) is 18.3 Å². The second-order valence-electron chi connectivity index (χ2n) is 8.29. The molecule has 166 valence electrons. The van der Waals surface area contributed by atoms with Gasteiger partial charge in [-0.25, -0.2) is 9.79 Å². The summed E-state index contributed by atoms with van der Waals surface area (Å²) in [6.07, 6.45) is 4.75. The number of nitrogens with zero attached hydrogens (tertiary/aromatic N) is 4. The van der Waals surface area contributed by atoms with Crippen molar-refractivity contribution in [2.24, 2.45) is 18.0 Å². The zero-order valence-corrected chi connectivity index (χ0v) is 20.7. The number of aliphatic imine (C=N–C) groups is 1. The molecule has 1 amide bonds. The van der Waals surface area contributed by atoms with E-state index in [4.69, 9.17) is 4.74 Å². The molecule has 0 bridgehead atoms. The van der Waals surface area contributed by atoms with Crippen LogP contribution in [0.1, 0.15) is 52.7 Å². The van der Waals surface area contributed by atoms with E-state index in [1.165, 1.54) is 0 Å². The molecule has 0 saturated carbocycles. The van der Waals surface area contributed by atoms with Gasteiger partial charge in [0.1, 0.15) is 5.60 Å². The van der Waals surface area contributed by atoms with E-state index in [1.54, 1.807) is 6.20 Å². The van der Waals surface area contributed by atoms with Crippen LogP contribution in [0.2, 0.25) is 0 Å². The zero-order chi connectivity index (χ0) is 20.6. The predicted octanol–water partition coefficient (Wildman–Crippen LogP) is 3.13. The van der Waals surface area contributed by atoms with Gasteiger partial charge in [0.05, 0.1) is 12.2 Å². The molecule has 1 unspecified atom stereocenters. The minimum absolute atomic E-state index is 0. The Kier molecular flexibility index (Phi) is 10.8. The number of carbonyl (C=O) groups excluding carboxylic acids is 1. The van der Waals surface area contributed by atoms with Crippen LogP contribution < -0.4 is 10.6 Å². The predicted molar refractivity (Wildman–Crippen MR) is 127 cm³/mol. The van der Waals surface area contributed by atoms with Crippen LogP contribution in [0.5, 0.6) is 0 Å². The molecule has 8 nitrogen and oxygen atoms in total. The summed E-state index contributed by atoms with van der Waals surface area (Å²) in [6.45, 7) is 11.5. The Morgan fingerprint density at radius 1 is 1.38 bits per heavy atom. The van der Waals surface area contributed by atoms with Crippen LogP contribution in [-0.4, -0.2) is 58.5 Å². The lowest BCUT2D eigenvalue weighted by Crippen LogP contribution is -2.44. The molecule has 0 spiro atoms. The van der Waals surface area contributed by atoms with Gasteiger partial charge in [-0.2, -0.15) is 5.10 Å². The van der Waals surface area contributed by atoms with E-state index in [1.807, 2.05) is 43.5 Å². The second-order valence-corrected chi connectivity index (χ2v) is 8.29. The fourth-order valence-electron chi connectivity index (χ4n) is 3.25. The van der Waals surface area contributed by atoms with Gasteiger partial charge in [0.15, 0.2) is 5.96 Å². The lowest BCUT2D eigenvalue weighted by molar-refractivity contribution is 0.0162. The topological polar surface area (TPSA) is 83.8 Å². The maximum Gasteiger partial charge on any atom is 0.410 e. The van der Waals surface area contributed by atoms with Gasteiger partial charge in [-0.1, -0.05) is 0 Å². The summed E-state index contributed by atoms with van der Waals surface area (Å²) in [4.78, 5) is 18.8. The smallest absolute Gasteiger partial charge is 0.410 e. The standard InChI is InChI=1S/C20H36N6O2.HI/c1-6-21-18(23-14-17-10-12-24-25(17)5)22-11-9-16-8-7-13-26(15-16)19(27)28-20(2,3)4;/h10,12,16H,6-9,11,13-15H2,1-5H3,(H2,21,22,23);1H. The second kappa shape index (κ2) is 12.2. The number of rotatable bonds is 6. The highest BCUT2D eigenvalue weighted by Crippen LogP contribution is 2.21. The number of aryl methyl sites for hydroxylation is 1. The number of nitrogens with one attached hydrogen (secondary N) is 2. The molecule has 29 heavy (non-hydrogen) atoms. The van der Waals surface area contributed by atoms with E-state index in [2.05, 4.69) is 27.6 Å². The van der Waals surface area contributed by atoms with E-state index >= 15 is 0 Å². The number of likely N-dealkylation sites (tertiary alicyclic amines) is 1. The number of hydrogen-bond donors (Lipinski definition) is 2. The summed E-state index contributed by atoms with van der Waals surface area (Å²) >= 11 is 0. The van der Waals surface area contributed by atoms with Crippen molar-refractivity contribution in [1.82, 2.24) is 25.3 Å². The third-order valence-electron chi connectivity index (χ3n) is 4.68. The van der Waals surface area contributed by atoms with Gasteiger partial charge in [0, 0.05) is 39.4 Å². The van der Waals surface area contributed by atoms with Gasteiger partial charge in [-0.05, 0) is 58.9 Å². The first-order valence-corrected chi connectivity index (χ1v) is 10.3. The first-order chi connectivity index (χ1) is 13.3. The lowest BCUT2D eigenvalue weighted by Gasteiger charge is -2.34. The molecule has 0 aromatic carbocycles. The van der Waals surface area contributed by atoms with Gasteiger partial charge in [0.2, 0.25) is 0 Å². The van der Waals surface area contributed by atoms with Crippen LogP contribution >= 0.6 is 24.0 Å². The Balaban J connectivity index is 0.00000420. The summed E-state index contributed by atoms with van der Waals surface area (Å²) in [5.74, 6) is 1.29. The average Bonchev–Trinajstić information content (AvgIpc) is 3.03. The highest BCUT2D eigenvalue weighted by Gasteiger charge is 2.27. The molecule has 1 aliphatic rings. The van der Waals surface area contributed by atoms with Gasteiger partial charge in [-0.15, -0.1) is 24.0 Å². The molecule has 1 aliphatic heterocycles. The summed E-state index contributed by atoms with van der Waals surface area (Å²) in [5.41, 5.74) is 0.619. The first kappa shape index (κ1) is 25.5. The summed E-state index contributed by atoms with van der Waals surface area (Å²) < 4.78 is 7.35. The van der Waals surface area contributed by atoms with Crippen molar-refractivity contribution < 1.29 is 9.53 Å². The van der Waals surface area contributed by atoms with Crippen molar-refractivity contribution in [2.75, 3.05) is 26.2 Å². The Morgan fingerprint density at radius 2 is 2.14 bits per heavy atom. The maximum absolute atomic E-state index is 12.3. The van der Waals surface area contributed by atoms with Crippen LogP contribution in [0, 0.1) is 5.92 Å². The van der Waals surface area contributed by atoms with Gasteiger partial charge in [-0.3, -0.25) is 4.68 Å². The molecular weight excluding hydrogens is 483 g/mol. The van der Waals surface area contributed by atoms with Crippen LogP contribution in [0.4, 0.5) is 4.79 Å². The molecular formula is C20H37IN6O2. The Bertz CT molecular complexity index is 656. The first-order valence-electron chi connectivity index (χ1n) is 10.3. The van der Waals surface area contributed by atoms with E-state index in [0.717, 1.165) is 57.1 Å². The highest BCUT2D eigenvalue weighted by atomic mass is 127. The SMILES string of the molecule is CCNC(=NCc1ccnn1C)NCCC1CCCN(C(=O)OC(C)(C)C)C1.I. The van der Waals surface area contributed by atoms with Crippen LogP contribution in [0.25, 0.3) is 0 Å². The number of piperidine rings is 1. The molecule has 1 aromatic rings. The van der Waals surface area contributed by atoms with E-state index in [0.29, 0.717) is 12.5 Å².